The Morgan fingerprint density at radius 2 is 2.27 bits per heavy atom. The van der Waals surface area contributed by atoms with Gasteiger partial charge in [-0.25, -0.2) is 0 Å². The third kappa shape index (κ3) is 1.40. The minimum atomic E-state index is 0.945. The Morgan fingerprint density at radius 1 is 1.36 bits per heavy atom. The number of rotatable bonds is 0. The van der Waals surface area contributed by atoms with Gasteiger partial charge >= 0.3 is 0 Å². The Balaban J connectivity index is 2.19. The van der Waals surface area contributed by atoms with Crippen molar-refractivity contribution in [2.24, 2.45) is 5.92 Å². The van der Waals surface area contributed by atoms with Crippen molar-refractivity contribution in [2.75, 3.05) is 0 Å². The quantitative estimate of drug-likeness (QED) is 0.493. The van der Waals surface area contributed by atoms with Crippen molar-refractivity contribution in [1.29, 1.82) is 0 Å². The normalized spacial score (nSPS) is 30.5. The highest BCUT2D eigenvalue weighted by atomic mass is 14.2. The van der Waals surface area contributed by atoms with E-state index in [2.05, 4.69) is 19.1 Å². The molecule has 0 aromatic carbocycles. The third-order valence-corrected chi connectivity index (χ3v) is 2.89. The van der Waals surface area contributed by atoms with Crippen molar-refractivity contribution >= 4 is 0 Å². The Labute approximate surface area is 69.0 Å². The van der Waals surface area contributed by atoms with Gasteiger partial charge in [-0.2, -0.15) is 0 Å². The van der Waals surface area contributed by atoms with Crippen molar-refractivity contribution < 1.29 is 0 Å². The third-order valence-electron chi connectivity index (χ3n) is 2.89. The lowest BCUT2D eigenvalue weighted by Gasteiger charge is -2.25. The first-order valence-electron chi connectivity index (χ1n) is 4.73. The lowest BCUT2D eigenvalue weighted by Crippen LogP contribution is -2.08. The Kier molecular flexibility index (Phi) is 1.85. The molecule has 0 amide bonds. The van der Waals surface area contributed by atoms with Gasteiger partial charge in [-0.1, -0.05) is 24.6 Å². The topological polar surface area (TPSA) is 0 Å². The highest BCUT2D eigenvalue weighted by Gasteiger charge is 2.17. The van der Waals surface area contributed by atoms with Gasteiger partial charge in [0.15, 0.2) is 0 Å². The molecule has 1 unspecified atom stereocenters. The molecule has 0 aromatic heterocycles. The largest absolute Gasteiger partial charge is 0.0839 e. The van der Waals surface area contributed by atoms with Gasteiger partial charge in [0.25, 0.3) is 0 Å². The molecule has 11 heavy (non-hydrogen) atoms. The van der Waals surface area contributed by atoms with E-state index in [1.165, 1.54) is 32.1 Å². The Hall–Kier alpha value is -0.520. The number of hydrogen-bond donors (Lipinski definition) is 0. The van der Waals surface area contributed by atoms with E-state index in [1.807, 2.05) is 0 Å². The van der Waals surface area contributed by atoms with Gasteiger partial charge in [0.2, 0.25) is 0 Å². The first-order chi connectivity index (χ1) is 5.36. The summed E-state index contributed by atoms with van der Waals surface area (Å²) in [6, 6.07) is 0. The molecule has 0 heterocycles. The zero-order valence-corrected chi connectivity index (χ0v) is 7.27. The molecule has 2 aliphatic rings. The standard InChI is InChI=1S/C11H16/c1-9-6-7-10-4-2-3-5-11(10)8-9/h2,4,9H,3,5-8H2,1H3. The molecule has 0 heteroatoms. The Bertz CT molecular complexity index is 208. The minimum Gasteiger partial charge on any atom is -0.0839 e. The molecule has 2 aliphatic carbocycles. The van der Waals surface area contributed by atoms with Gasteiger partial charge < -0.3 is 0 Å². The summed E-state index contributed by atoms with van der Waals surface area (Å²) in [7, 11) is 0. The van der Waals surface area contributed by atoms with Crippen LogP contribution in [0.1, 0.15) is 39.0 Å². The maximum absolute atomic E-state index is 2.38. The molecule has 0 radical (unpaired) electrons. The van der Waals surface area contributed by atoms with Crippen LogP contribution in [0.3, 0.4) is 0 Å². The molecular formula is C11H16. The zero-order chi connectivity index (χ0) is 7.68. The van der Waals surface area contributed by atoms with Crippen LogP contribution in [-0.4, -0.2) is 0 Å². The molecule has 0 spiro atoms. The van der Waals surface area contributed by atoms with Crippen LogP contribution in [0.2, 0.25) is 0 Å². The van der Waals surface area contributed by atoms with E-state index < -0.39 is 0 Å². The van der Waals surface area contributed by atoms with E-state index in [0.717, 1.165) is 5.92 Å². The van der Waals surface area contributed by atoms with Crippen molar-refractivity contribution in [3.05, 3.63) is 23.3 Å². The van der Waals surface area contributed by atoms with Crippen LogP contribution in [-0.2, 0) is 0 Å². The molecular weight excluding hydrogens is 132 g/mol. The van der Waals surface area contributed by atoms with E-state index in [-0.39, 0.29) is 0 Å². The SMILES string of the molecule is CC1CCC2=C(CCC=C2)C1. The van der Waals surface area contributed by atoms with Crippen molar-refractivity contribution in [3.63, 3.8) is 0 Å². The second-order valence-corrected chi connectivity index (χ2v) is 3.92. The minimum absolute atomic E-state index is 0.945. The highest BCUT2D eigenvalue weighted by molar-refractivity contribution is 5.31. The van der Waals surface area contributed by atoms with Gasteiger partial charge in [-0.05, 0) is 43.6 Å². The molecule has 0 saturated heterocycles. The van der Waals surface area contributed by atoms with E-state index in [0.29, 0.717) is 0 Å². The van der Waals surface area contributed by atoms with Gasteiger partial charge in [0.05, 0.1) is 0 Å². The number of allylic oxidation sites excluding steroid dienone is 4. The van der Waals surface area contributed by atoms with Gasteiger partial charge in [-0.15, -0.1) is 0 Å². The van der Waals surface area contributed by atoms with Crippen LogP contribution >= 0.6 is 0 Å². The smallest absolute Gasteiger partial charge is 0.0277 e. The lowest BCUT2D eigenvalue weighted by molar-refractivity contribution is 0.488. The summed E-state index contributed by atoms with van der Waals surface area (Å²) in [4.78, 5) is 0. The molecule has 0 aromatic rings. The van der Waals surface area contributed by atoms with Crippen LogP contribution in [0.15, 0.2) is 23.3 Å². The van der Waals surface area contributed by atoms with Gasteiger partial charge in [-0.3, -0.25) is 0 Å². The zero-order valence-electron chi connectivity index (χ0n) is 7.27. The van der Waals surface area contributed by atoms with E-state index in [9.17, 15) is 0 Å². The molecule has 2 rings (SSSR count). The predicted molar refractivity (Wildman–Crippen MR) is 48.4 cm³/mol. The van der Waals surface area contributed by atoms with Gasteiger partial charge in [0.1, 0.15) is 0 Å². The van der Waals surface area contributed by atoms with Crippen molar-refractivity contribution in [3.8, 4) is 0 Å². The van der Waals surface area contributed by atoms with Crippen molar-refractivity contribution in [1.82, 2.24) is 0 Å². The van der Waals surface area contributed by atoms with Crippen molar-refractivity contribution in [2.45, 2.75) is 39.0 Å². The molecule has 0 saturated carbocycles. The maximum Gasteiger partial charge on any atom is -0.0277 e. The summed E-state index contributed by atoms with van der Waals surface area (Å²) in [5, 5.41) is 0. The Morgan fingerprint density at radius 3 is 3.18 bits per heavy atom. The summed E-state index contributed by atoms with van der Waals surface area (Å²) in [6.07, 6.45) is 11.4. The molecule has 0 fully saturated rings. The first kappa shape index (κ1) is 7.15. The van der Waals surface area contributed by atoms with Crippen LogP contribution in [0, 0.1) is 5.92 Å². The van der Waals surface area contributed by atoms with Crippen LogP contribution in [0.4, 0.5) is 0 Å². The summed E-state index contributed by atoms with van der Waals surface area (Å²) in [6.45, 7) is 2.38. The second-order valence-electron chi connectivity index (χ2n) is 3.92. The highest BCUT2D eigenvalue weighted by Crippen LogP contribution is 2.34. The van der Waals surface area contributed by atoms with E-state index in [4.69, 9.17) is 0 Å². The second kappa shape index (κ2) is 2.84. The molecule has 1 atom stereocenters. The molecule has 0 bridgehead atoms. The van der Waals surface area contributed by atoms with E-state index >= 15 is 0 Å². The summed E-state index contributed by atoms with van der Waals surface area (Å²) < 4.78 is 0. The van der Waals surface area contributed by atoms with Crippen LogP contribution in [0.5, 0.6) is 0 Å². The fraction of sp³-hybridized carbons (Fsp3) is 0.636. The van der Waals surface area contributed by atoms with Crippen LogP contribution in [0.25, 0.3) is 0 Å². The average Bonchev–Trinajstić information content (AvgIpc) is 2.04. The molecule has 0 nitrogen and oxygen atoms in total. The van der Waals surface area contributed by atoms with E-state index in [1.54, 1.807) is 11.1 Å². The fourth-order valence-electron chi connectivity index (χ4n) is 2.18. The average molecular weight is 148 g/mol. The summed E-state index contributed by atoms with van der Waals surface area (Å²) in [5.41, 5.74) is 3.42. The van der Waals surface area contributed by atoms with Crippen LogP contribution < -0.4 is 0 Å². The molecule has 60 valence electrons. The predicted octanol–water partition coefficient (Wildman–Crippen LogP) is 3.45. The monoisotopic (exact) mass is 148 g/mol. The lowest BCUT2D eigenvalue weighted by atomic mass is 9.81. The molecule has 0 aliphatic heterocycles. The summed E-state index contributed by atoms with van der Waals surface area (Å²) in [5.74, 6) is 0.945. The number of hydrogen-bond acceptors (Lipinski definition) is 0. The first-order valence-corrected chi connectivity index (χ1v) is 4.73. The maximum atomic E-state index is 2.38. The summed E-state index contributed by atoms with van der Waals surface area (Å²) >= 11 is 0. The molecule has 0 N–H and O–H groups in total. The fourth-order valence-corrected chi connectivity index (χ4v) is 2.18. The van der Waals surface area contributed by atoms with Gasteiger partial charge in [0, 0.05) is 0 Å².